The highest BCUT2D eigenvalue weighted by Crippen LogP contribution is 2.13. The minimum atomic E-state index is 0.775. The third-order valence-electron chi connectivity index (χ3n) is 2.55. The van der Waals surface area contributed by atoms with E-state index in [2.05, 4.69) is 20.8 Å². The third-order valence-corrected chi connectivity index (χ3v) is 3.90. The molecule has 1 aromatic heterocycles. The number of hydrogen-bond donors (Lipinski definition) is 1. The number of tetrazole rings is 1. The number of benzene rings is 1. The first kappa shape index (κ1) is 14.3. The van der Waals surface area contributed by atoms with Gasteiger partial charge in [0.05, 0.1) is 0 Å². The molecule has 7 heteroatoms. The molecule has 0 amide bonds. The van der Waals surface area contributed by atoms with Gasteiger partial charge in [-0.3, -0.25) is 0 Å². The van der Waals surface area contributed by atoms with Crippen LogP contribution in [0.3, 0.4) is 0 Å². The van der Waals surface area contributed by atoms with Crippen LogP contribution in [-0.4, -0.2) is 32.5 Å². The van der Waals surface area contributed by atoms with Gasteiger partial charge < -0.3 is 5.32 Å². The van der Waals surface area contributed by atoms with Crippen LogP contribution in [0.1, 0.15) is 12.0 Å². The summed E-state index contributed by atoms with van der Waals surface area (Å²) in [6.07, 6.45) is 1.07. The molecular weight excluding hydrogens is 282 g/mol. The molecule has 102 valence electrons. The fourth-order valence-electron chi connectivity index (χ4n) is 1.54. The predicted octanol–water partition coefficient (Wildman–Crippen LogP) is 2.14. The van der Waals surface area contributed by atoms with E-state index in [9.17, 15) is 0 Å². The molecule has 0 spiro atoms. The maximum Gasteiger partial charge on any atom is 0.209 e. The van der Waals surface area contributed by atoms with Gasteiger partial charge in [-0.05, 0) is 41.1 Å². The summed E-state index contributed by atoms with van der Waals surface area (Å²) in [4.78, 5) is 0. The molecule has 1 aromatic carbocycles. The van der Waals surface area contributed by atoms with Crippen LogP contribution in [0, 0.1) is 0 Å². The molecular formula is C12H16ClN5S. The summed E-state index contributed by atoms with van der Waals surface area (Å²) in [6.45, 7) is 1.84. The molecule has 0 aliphatic heterocycles. The van der Waals surface area contributed by atoms with Crippen LogP contribution in [0.25, 0.3) is 0 Å². The maximum absolute atomic E-state index is 5.83. The van der Waals surface area contributed by atoms with Crippen molar-refractivity contribution in [2.24, 2.45) is 7.05 Å². The van der Waals surface area contributed by atoms with E-state index in [1.54, 1.807) is 16.4 Å². The van der Waals surface area contributed by atoms with Crippen molar-refractivity contribution in [2.75, 3.05) is 12.3 Å². The van der Waals surface area contributed by atoms with Gasteiger partial charge in [0.2, 0.25) is 5.16 Å². The Kier molecular flexibility index (Phi) is 5.62. The Morgan fingerprint density at radius 2 is 2.11 bits per heavy atom. The van der Waals surface area contributed by atoms with Crippen molar-refractivity contribution < 1.29 is 0 Å². The van der Waals surface area contributed by atoms with Gasteiger partial charge in [0, 0.05) is 24.4 Å². The fraction of sp³-hybridized carbons (Fsp3) is 0.417. The normalized spacial score (nSPS) is 10.8. The summed E-state index contributed by atoms with van der Waals surface area (Å²) >= 11 is 7.51. The van der Waals surface area contributed by atoms with E-state index in [1.807, 2.05) is 31.3 Å². The largest absolute Gasteiger partial charge is 0.313 e. The molecule has 0 saturated carbocycles. The highest BCUT2D eigenvalue weighted by molar-refractivity contribution is 7.99. The van der Waals surface area contributed by atoms with Gasteiger partial charge in [0.1, 0.15) is 0 Å². The van der Waals surface area contributed by atoms with Crippen LogP contribution in [0.2, 0.25) is 5.02 Å². The molecule has 1 heterocycles. The molecule has 1 N–H and O–H groups in total. The molecule has 0 unspecified atom stereocenters. The summed E-state index contributed by atoms with van der Waals surface area (Å²) in [6, 6.07) is 7.90. The number of aryl methyl sites for hydroxylation is 1. The first-order valence-electron chi connectivity index (χ1n) is 6.06. The van der Waals surface area contributed by atoms with Crippen LogP contribution in [0.15, 0.2) is 29.4 Å². The second-order valence-electron chi connectivity index (χ2n) is 4.09. The van der Waals surface area contributed by atoms with E-state index >= 15 is 0 Å². The van der Waals surface area contributed by atoms with E-state index < -0.39 is 0 Å². The summed E-state index contributed by atoms with van der Waals surface area (Å²) in [5, 5.41) is 16.3. The number of thioether (sulfide) groups is 1. The number of halogens is 1. The topological polar surface area (TPSA) is 55.6 Å². The highest BCUT2D eigenvalue weighted by atomic mass is 35.5. The van der Waals surface area contributed by atoms with Gasteiger partial charge in [0.15, 0.2) is 0 Å². The first-order valence-corrected chi connectivity index (χ1v) is 7.42. The predicted molar refractivity (Wildman–Crippen MR) is 77.3 cm³/mol. The van der Waals surface area contributed by atoms with Gasteiger partial charge in [-0.25, -0.2) is 4.68 Å². The summed E-state index contributed by atoms with van der Waals surface area (Å²) < 4.78 is 1.69. The number of rotatable bonds is 7. The maximum atomic E-state index is 5.83. The van der Waals surface area contributed by atoms with Crippen LogP contribution in [0.5, 0.6) is 0 Å². The summed E-state index contributed by atoms with van der Waals surface area (Å²) in [7, 11) is 1.85. The van der Waals surface area contributed by atoms with Gasteiger partial charge in [-0.1, -0.05) is 35.5 Å². The smallest absolute Gasteiger partial charge is 0.209 e. The molecule has 19 heavy (non-hydrogen) atoms. The Morgan fingerprint density at radius 3 is 2.79 bits per heavy atom. The first-order chi connectivity index (χ1) is 9.25. The average Bonchev–Trinajstić information content (AvgIpc) is 2.81. The molecule has 0 bridgehead atoms. The Hall–Kier alpha value is -1.11. The van der Waals surface area contributed by atoms with Crippen molar-refractivity contribution in [1.82, 2.24) is 25.5 Å². The molecule has 0 aliphatic rings. The van der Waals surface area contributed by atoms with E-state index in [0.29, 0.717) is 0 Å². The number of hydrogen-bond acceptors (Lipinski definition) is 5. The van der Waals surface area contributed by atoms with E-state index in [1.165, 1.54) is 5.56 Å². The highest BCUT2D eigenvalue weighted by Gasteiger charge is 2.01. The minimum absolute atomic E-state index is 0.775. The standard InChI is InChI=1S/C12H16ClN5S/c1-18-12(15-16-17-18)19-8-2-7-14-9-10-3-5-11(13)6-4-10/h3-6,14H,2,7-9H2,1H3. The Labute approximate surface area is 121 Å². The van der Waals surface area contributed by atoms with Crippen molar-refractivity contribution in [1.29, 1.82) is 0 Å². The van der Waals surface area contributed by atoms with Crippen molar-refractivity contribution in [3.8, 4) is 0 Å². The van der Waals surface area contributed by atoms with Gasteiger partial charge in [0.25, 0.3) is 0 Å². The third kappa shape index (κ3) is 4.81. The molecule has 0 saturated heterocycles. The Balaban J connectivity index is 1.57. The zero-order valence-electron chi connectivity index (χ0n) is 10.7. The molecule has 2 rings (SSSR count). The zero-order chi connectivity index (χ0) is 13.5. The van der Waals surface area contributed by atoms with E-state index in [-0.39, 0.29) is 0 Å². The number of aromatic nitrogens is 4. The van der Waals surface area contributed by atoms with Gasteiger partial charge >= 0.3 is 0 Å². The van der Waals surface area contributed by atoms with E-state index in [0.717, 1.165) is 35.4 Å². The SMILES string of the molecule is Cn1nnnc1SCCCNCc1ccc(Cl)cc1. The monoisotopic (exact) mass is 297 g/mol. The van der Waals surface area contributed by atoms with Crippen molar-refractivity contribution in [3.05, 3.63) is 34.9 Å². The zero-order valence-corrected chi connectivity index (χ0v) is 12.3. The van der Waals surface area contributed by atoms with Crippen molar-refractivity contribution >= 4 is 23.4 Å². The molecule has 0 fully saturated rings. The molecule has 0 radical (unpaired) electrons. The lowest BCUT2D eigenvalue weighted by molar-refractivity contribution is 0.661. The fourth-order valence-corrected chi connectivity index (χ4v) is 2.45. The average molecular weight is 298 g/mol. The van der Waals surface area contributed by atoms with Crippen LogP contribution in [0.4, 0.5) is 0 Å². The number of nitrogens with zero attached hydrogens (tertiary/aromatic N) is 4. The second-order valence-corrected chi connectivity index (χ2v) is 5.59. The van der Waals surface area contributed by atoms with E-state index in [4.69, 9.17) is 11.6 Å². The van der Waals surface area contributed by atoms with Gasteiger partial charge in [-0.2, -0.15) is 0 Å². The Morgan fingerprint density at radius 1 is 1.32 bits per heavy atom. The van der Waals surface area contributed by atoms with Crippen molar-refractivity contribution in [2.45, 2.75) is 18.1 Å². The van der Waals surface area contributed by atoms with Crippen LogP contribution < -0.4 is 5.32 Å². The number of nitrogens with one attached hydrogen (secondary N) is 1. The second kappa shape index (κ2) is 7.47. The summed E-state index contributed by atoms with van der Waals surface area (Å²) in [5.41, 5.74) is 1.24. The molecule has 0 aliphatic carbocycles. The van der Waals surface area contributed by atoms with Crippen LogP contribution >= 0.6 is 23.4 Å². The molecule has 2 aromatic rings. The van der Waals surface area contributed by atoms with Crippen LogP contribution in [-0.2, 0) is 13.6 Å². The lowest BCUT2D eigenvalue weighted by atomic mass is 10.2. The summed E-state index contributed by atoms with van der Waals surface area (Å²) in [5.74, 6) is 1.00. The minimum Gasteiger partial charge on any atom is -0.313 e. The quantitative estimate of drug-likeness (QED) is 0.627. The lowest BCUT2D eigenvalue weighted by Crippen LogP contribution is -2.15. The van der Waals surface area contributed by atoms with Gasteiger partial charge in [-0.15, -0.1) is 5.10 Å². The Bertz CT molecular complexity index is 499. The lowest BCUT2D eigenvalue weighted by Gasteiger charge is -2.04. The molecule has 0 atom stereocenters. The van der Waals surface area contributed by atoms with Crippen molar-refractivity contribution in [3.63, 3.8) is 0 Å². The molecule has 5 nitrogen and oxygen atoms in total.